The van der Waals surface area contributed by atoms with Gasteiger partial charge in [-0.25, -0.2) is 0 Å². The third-order valence-electron chi connectivity index (χ3n) is 2.21. The van der Waals surface area contributed by atoms with Crippen LogP contribution in [0, 0.1) is 0 Å². The lowest BCUT2D eigenvalue weighted by atomic mass is 9.96. The van der Waals surface area contributed by atoms with Crippen LogP contribution in [-0.4, -0.2) is 25.5 Å². The summed E-state index contributed by atoms with van der Waals surface area (Å²) in [5.74, 6) is -0.468. The van der Waals surface area contributed by atoms with Crippen molar-refractivity contribution in [3.63, 3.8) is 0 Å². The second-order valence-corrected chi connectivity index (χ2v) is 3.29. The van der Waals surface area contributed by atoms with Crippen LogP contribution < -0.4 is 16.8 Å². The number of amides is 1. The van der Waals surface area contributed by atoms with Gasteiger partial charge in [-0.2, -0.15) is 0 Å². The van der Waals surface area contributed by atoms with Crippen LogP contribution in [0.2, 0.25) is 0 Å². The number of nitrogens with two attached hydrogens (primary N) is 2. The van der Waals surface area contributed by atoms with Gasteiger partial charge >= 0.3 is 0 Å². The summed E-state index contributed by atoms with van der Waals surface area (Å²) in [4.78, 5) is 9.47. The van der Waals surface area contributed by atoms with Gasteiger partial charge in [0.25, 0.3) is 0 Å². The first-order valence-electron chi connectivity index (χ1n) is 4.86. The summed E-state index contributed by atoms with van der Waals surface area (Å²) in [6.45, 7) is -0.0556. The van der Waals surface area contributed by atoms with Gasteiger partial charge in [0.05, 0.1) is 6.54 Å². The minimum absolute atomic E-state index is 0.0556. The molecular formula is C9H21N3O. The van der Waals surface area contributed by atoms with Crippen molar-refractivity contribution in [1.29, 1.82) is 0 Å². The van der Waals surface area contributed by atoms with E-state index in [0.29, 0.717) is 0 Å². The number of hydrogen-bond donors (Lipinski definition) is 3. The average Bonchev–Trinajstić information content (AvgIpc) is 2.20. The summed E-state index contributed by atoms with van der Waals surface area (Å²) in [6, 6.07) is 0.837. The lowest BCUT2D eigenvalue weighted by Crippen LogP contribution is -2.26. The number of primary amides is 1. The van der Waals surface area contributed by atoms with E-state index in [-0.39, 0.29) is 6.54 Å². The quantitative estimate of drug-likeness (QED) is 0.568. The van der Waals surface area contributed by atoms with Crippen molar-refractivity contribution in [3.8, 4) is 0 Å². The summed E-state index contributed by atoms with van der Waals surface area (Å²) in [5.41, 5.74) is 9.22. The molecule has 4 nitrogen and oxygen atoms in total. The molecule has 0 bridgehead atoms. The van der Waals surface area contributed by atoms with Crippen LogP contribution in [0.15, 0.2) is 0 Å². The van der Waals surface area contributed by atoms with Crippen molar-refractivity contribution in [3.05, 3.63) is 0 Å². The van der Waals surface area contributed by atoms with Gasteiger partial charge in [0.2, 0.25) is 5.91 Å². The highest BCUT2D eigenvalue weighted by atomic mass is 16.1. The Morgan fingerprint density at radius 3 is 2.08 bits per heavy atom. The van der Waals surface area contributed by atoms with E-state index in [2.05, 4.69) is 18.1 Å². The van der Waals surface area contributed by atoms with E-state index >= 15 is 0 Å². The van der Waals surface area contributed by atoms with Crippen molar-refractivity contribution in [2.45, 2.75) is 38.1 Å². The highest BCUT2D eigenvalue weighted by Gasteiger charge is 2.09. The minimum atomic E-state index is -0.468. The molecule has 78 valence electrons. The maximum atomic E-state index is 9.47. The minimum Gasteiger partial charge on any atom is -0.369 e. The second-order valence-electron chi connectivity index (χ2n) is 3.29. The monoisotopic (exact) mass is 187 g/mol. The van der Waals surface area contributed by atoms with Gasteiger partial charge in [-0.3, -0.25) is 4.79 Å². The molecule has 1 fully saturated rings. The van der Waals surface area contributed by atoms with Crippen molar-refractivity contribution < 1.29 is 4.79 Å². The van der Waals surface area contributed by atoms with Gasteiger partial charge < -0.3 is 16.8 Å². The second kappa shape index (κ2) is 8.01. The fraction of sp³-hybridized carbons (Fsp3) is 0.889. The van der Waals surface area contributed by atoms with E-state index in [1.54, 1.807) is 0 Å². The molecule has 0 aromatic carbocycles. The molecular weight excluding hydrogens is 166 g/mol. The lowest BCUT2D eigenvalue weighted by Gasteiger charge is -2.20. The van der Waals surface area contributed by atoms with Gasteiger partial charge in [-0.1, -0.05) is 19.3 Å². The topological polar surface area (TPSA) is 81.1 Å². The Morgan fingerprint density at radius 2 is 1.85 bits per heavy atom. The van der Waals surface area contributed by atoms with Crippen molar-refractivity contribution in [2.24, 2.45) is 11.5 Å². The van der Waals surface area contributed by atoms with E-state index in [9.17, 15) is 4.79 Å². The summed E-state index contributed by atoms with van der Waals surface area (Å²) in [7, 11) is 2.07. The molecule has 1 rings (SSSR count). The third kappa shape index (κ3) is 7.74. The van der Waals surface area contributed by atoms with E-state index in [1.165, 1.54) is 32.1 Å². The number of carbonyl (C=O) groups excluding carboxylic acids is 1. The standard InChI is InChI=1S/C7H15N.C2H6N2O/c1-8-7-5-3-2-4-6-7;3-1-2(4)5/h7-8H,2-6H2,1H3;1,3H2,(H2,4,5). The summed E-state index contributed by atoms with van der Waals surface area (Å²) < 4.78 is 0. The molecule has 0 radical (unpaired) electrons. The van der Waals surface area contributed by atoms with Gasteiger partial charge in [0.1, 0.15) is 0 Å². The molecule has 5 N–H and O–H groups in total. The molecule has 0 aromatic heterocycles. The Kier molecular flexibility index (Phi) is 7.63. The normalized spacial score (nSPS) is 17.4. The van der Waals surface area contributed by atoms with Gasteiger partial charge in [-0.15, -0.1) is 0 Å². The molecule has 4 heteroatoms. The Bertz CT molecular complexity index is 133. The Hall–Kier alpha value is -0.610. The van der Waals surface area contributed by atoms with Crippen LogP contribution in [0.25, 0.3) is 0 Å². The molecule has 0 unspecified atom stereocenters. The van der Waals surface area contributed by atoms with Crippen LogP contribution >= 0.6 is 0 Å². The highest BCUT2D eigenvalue weighted by molar-refractivity contribution is 5.75. The molecule has 0 aliphatic heterocycles. The van der Waals surface area contributed by atoms with Crippen molar-refractivity contribution in [1.82, 2.24) is 5.32 Å². The molecule has 1 aliphatic rings. The molecule has 1 saturated carbocycles. The van der Waals surface area contributed by atoms with Crippen LogP contribution in [0.3, 0.4) is 0 Å². The zero-order valence-electron chi connectivity index (χ0n) is 8.38. The van der Waals surface area contributed by atoms with Gasteiger partial charge in [0, 0.05) is 6.04 Å². The molecule has 0 heterocycles. The van der Waals surface area contributed by atoms with Crippen LogP contribution in [0.5, 0.6) is 0 Å². The third-order valence-corrected chi connectivity index (χ3v) is 2.21. The van der Waals surface area contributed by atoms with E-state index in [0.717, 1.165) is 6.04 Å². The predicted octanol–water partition coefficient (Wildman–Crippen LogP) is -0.0311. The largest absolute Gasteiger partial charge is 0.369 e. The van der Waals surface area contributed by atoms with Crippen LogP contribution in [-0.2, 0) is 4.79 Å². The van der Waals surface area contributed by atoms with Gasteiger partial charge in [0.15, 0.2) is 0 Å². The first kappa shape index (κ1) is 12.4. The fourth-order valence-corrected chi connectivity index (χ4v) is 1.39. The zero-order valence-corrected chi connectivity index (χ0v) is 8.38. The number of rotatable bonds is 2. The summed E-state index contributed by atoms with van der Waals surface area (Å²) in [6.07, 6.45) is 7.13. The Balaban J connectivity index is 0.000000252. The van der Waals surface area contributed by atoms with E-state index in [4.69, 9.17) is 5.73 Å². The maximum Gasteiger partial charge on any atom is 0.231 e. The Labute approximate surface area is 80.0 Å². The molecule has 0 atom stereocenters. The highest BCUT2D eigenvalue weighted by Crippen LogP contribution is 2.16. The van der Waals surface area contributed by atoms with Crippen molar-refractivity contribution in [2.75, 3.05) is 13.6 Å². The SMILES string of the molecule is CNC1CCCCC1.NCC(N)=O. The number of hydrogen-bond acceptors (Lipinski definition) is 3. The maximum absolute atomic E-state index is 9.47. The smallest absolute Gasteiger partial charge is 0.231 e. The first-order valence-corrected chi connectivity index (χ1v) is 4.86. The number of carbonyl (C=O) groups is 1. The Morgan fingerprint density at radius 1 is 1.38 bits per heavy atom. The first-order chi connectivity index (χ1) is 6.20. The molecule has 13 heavy (non-hydrogen) atoms. The van der Waals surface area contributed by atoms with E-state index < -0.39 is 5.91 Å². The predicted molar refractivity (Wildman–Crippen MR) is 54.2 cm³/mol. The molecule has 0 spiro atoms. The van der Waals surface area contributed by atoms with E-state index in [1.807, 2.05) is 0 Å². The molecule has 1 aliphatic carbocycles. The van der Waals surface area contributed by atoms with Crippen LogP contribution in [0.4, 0.5) is 0 Å². The summed E-state index contributed by atoms with van der Waals surface area (Å²) >= 11 is 0. The average molecular weight is 187 g/mol. The summed E-state index contributed by atoms with van der Waals surface area (Å²) in [5, 5.41) is 3.30. The lowest BCUT2D eigenvalue weighted by molar-refractivity contribution is -0.116. The zero-order chi connectivity index (χ0) is 10.1. The molecule has 0 aromatic rings. The van der Waals surface area contributed by atoms with Crippen molar-refractivity contribution >= 4 is 5.91 Å². The van der Waals surface area contributed by atoms with Gasteiger partial charge in [-0.05, 0) is 19.9 Å². The fourth-order valence-electron chi connectivity index (χ4n) is 1.39. The molecule has 0 saturated heterocycles. The number of nitrogens with one attached hydrogen (secondary N) is 1. The molecule has 1 amide bonds. The van der Waals surface area contributed by atoms with Crippen LogP contribution in [0.1, 0.15) is 32.1 Å².